The Morgan fingerprint density at radius 3 is 2.78 bits per heavy atom. The molecule has 1 aromatic carbocycles. The van der Waals surface area contributed by atoms with E-state index in [1.165, 1.54) is 23.1 Å². The lowest BCUT2D eigenvalue weighted by atomic mass is 10.1. The van der Waals surface area contributed by atoms with Gasteiger partial charge >= 0.3 is 0 Å². The number of hydrogen-bond donors (Lipinski definition) is 3. The lowest BCUT2D eigenvalue weighted by Crippen LogP contribution is -2.38. The smallest absolute Gasteiger partial charge is 0.258 e. The zero-order valence-electron chi connectivity index (χ0n) is 9.80. The highest BCUT2D eigenvalue weighted by Crippen LogP contribution is 2.22. The molecule has 0 fully saturated rings. The fourth-order valence-electron chi connectivity index (χ4n) is 1.40. The number of halogens is 1. The normalized spacial score (nSPS) is 11.3. The molecule has 0 unspecified atom stereocenters. The molecule has 18 heavy (non-hydrogen) atoms. The maximum atomic E-state index is 12.1. The molecule has 0 aliphatic carbocycles. The molecule has 0 bridgehead atoms. The van der Waals surface area contributed by atoms with Gasteiger partial charge in [0, 0.05) is 11.6 Å². The number of nitrogens with zero attached hydrogens (tertiary/aromatic N) is 2. The first-order valence-corrected chi connectivity index (χ1v) is 5.61. The Balaban J connectivity index is 3.00. The third-order valence-corrected chi connectivity index (χ3v) is 2.57. The third kappa shape index (κ3) is 3.27. The zero-order valence-corrected chi connectivity index (χ0v) is 10.6. The summed E-state index contributed by atoms with van der Waals surface area (Å²) < 4.78 is 0. The van der Waals surface area contributed by atoms with Gasteiger partial charge in [0.15, 0.2) is 5.84 Å². The fraction of sp³-hybridized carbons (Fsp3) is 0.273. The number of amidine groups is 1. The Kier molecular flexibility index (Phi) is 4.79. The van der Waals surface area contributed by atoms with Gasteiger partial charge in [-0.05, 0) is 25.1 Å². The number of rotatable bonds is 4. The number of amides is 1. The van der Waals surface area contributed by atoms with Gasteiger partial charge in [-0.25, -0.2) is 0 Å². The van der Waals surface area contributed by atoms with E-state index in [0.29, 0.717) is 11.6 Å². The summed E-state index contributed by atoms with van der Waals surface area (Å²) in [6.07, 6.45) is 0. The Bertz CT molecular complexity index is 477. The van der Waals surface area contributed by atoms with E-state index < -0.39 is 5.91 Å². The van der Waals surface area contributed by atoms with E-state index in [9.17, 15) is 9.90 Å². The summed E-state index contributed by atoms with van der Waals surface area (Å²) in [5.74, 6) is -0.696. The highest BCUT2D eigenvalue weighted by molar-refractivity contribution is 6.31. The first-order chi connectivity index (χ1) is 8.49. The maximum absolute atomic E-state index is 12.1. The number of hydrogen-bond acceptors (Lipinski definition) is 4. The van der Waals surface area contributed by atoms with Gasteiger partial charge in [-0.2, -0.15) is 0 Å². The second-order valence-corrected chi connectivity index (χ2v) is 4.01. The number of benzene rings is 1. The molecule has 0 aliphatic heterocycles. The minimum atomic E-state index is -0.441. The molecule has 7 heteroatoms. The van der Waals surface area contributed by atoms with Gasteiger partial charge in [-0.1, -0.05) is 16.8 Å². The summed E-state index contributed by atoms with van der Waals surface area (Å²) >= 11 is 5.77. The maximum Gasteiger partial charge on any atom is 0.258 e. The average molecular weight is 272 g/mol. The van der Waals surface area contributed by atoms with Crippen LogP contribution in [0.5, 0.6) is 5.75 Å². The minimum Gasteiger partial charge on any atom is -0.507 e. The second kappa shape index (κ2) is 6.11. The van der Waals surface area contributed by atoms with Crippen LogP contribution >= 0.6 is 11.6 Å². The number of oxime groups is 1. The molecule has 0 spiro atoms. The number of phenolic OH excluding ortho intramolecular Hbond substituents is 1. The van der Waals surface area contributed by atoms with E-state index >= 15 is 0 Å². The van der Waals surface area contributed by atoms with Crippen molar-refractivity contribution in [2.24, 2.45) is 10.9 Å². The second-order valence-electron chi connectivity index (χ2n) is 3.57. The first kappa shape index (κ1) is 14.1. The molecular formula is C11H14ClN3O3. The molecule has 0 aromatic heterocycles. The molecule has 1 amide bonds. The van der Waals surface area contributed by atoms with Crippen molar-refractivity contribution >= 4 is 23.3 Å². The predicted molar refractivity (Wildman–Crippen MR) is 68.1 cm³/mol. The van der Waals surface area contributed by atoms with Crippen LogP contribution in [0.4, 0.5) is 0 Å². The van der Waals surface area contributed by atoms with Crippen molar-refractivity contribution in [3.8, 4) is 5.75 Å². The SMILES string of the molecule is CCN(CC(N)=NO)C(=O)c1cc(Cl)ccc1O. The summed E-state index contributed by atoms with van der Waals surface area (Å²) in [6.45, 7) is 2.06. The molecule has 1 aromatic rings. The van der Waals surface area contributed by atoms with Gasteiger partial charge in [0.1, 0.15) is 5.75 Å². The molecule has 0 saturated carbocycles. The van der Waals surface area contributed by atoms with Crippen molar-refractivity contribution in [2.45, 2.75) is 6.92 Å². The van der Waals surface area contributed by atoms with E-state index in [-0.39, 0.29) is 23.7 Å². The predicted octanol–water partition coefficient (Wildman–Crippen LogP) is 1.25. The van der Waals surface area contributed by atoms with E-state index in [1.54, 1.807) is 6.92 Å². The Morgan fingerprint density at radius 1 is 1.56 bits per heavy atom. The van der Waals surface area contributed by atoms with Crippen LogP contribution < -0.4 is 5.73 Å². The van der Waals surface area contributed by atoms with Crippen LogP contribution in [-0.4, -0.2) is 40.0 Å². The first-order valence-electron chi connectivity index (χ1n) is 5.23. The molecule has 1 rings (SSSR count). The molecule has 0 aliphatic rings. The average Bonchev–Trinajstić information content (AvgIpc) is 2.37. The highest BCUT2D eigenvalue weighted by atomic mass is 35.5. The quantitative estimate of drug-likeness (QED) is 0.332. The van der Waals surface area contributed by atoms with Gasteiger partial charge in [-0.3, -0.25) is 4.79 Å². The van der Waals surface area contributed by atoms with Crippen molar-refractivity contribution in [2.75, 3.05) is 13.1 Å². The molecular weight excluding hydrogens is 258 g/mol. The molecule has 6 nitrogen and oxygen atoms in total. The lowest BCUT2D eigenvalue weighted by molar-refractivity contribution is 0.0783. The molecule has 4 N–H and O–H groups in total. The molecule has 0 radical (unpaired) electrons. The van der Waals surface area contributed by atoms with Crippen LogP contribution in [-0.2, 0) is 0 Å². The Hall–Kier alpha value is -1.95. The standard InChI is InChI=1S/C11H14ClN3O3/c1-2-15(6-10(13)14-18)11(17)8-5-7(12)3-4-9(8)16/h3-5,16,18H,2,6H2,1H3,(H2,13,14). The van der Waals surface area contributed by atoms with Gasteiger partial charge < -0.3 is 20.9 Å². The number of phenols is 1. The largest absolute Gasteiger partial charge is 0.507 e. The van der Waals surface area contributed by atoms with E-state index in [2.05, 4.69) is 5.16 Å². The van der Waals surface area contributed by atoms with Gasteiger partial charge in [-0.15, -0.1) is 0 Å². The van der Waals surface area contributed by atoms with E-state index in [1.807, 2.05) is 0 Å². The zero-order chi connectivity index (χ0) is 13.7. The monoisotopic (exact) mass is 271 g/mol. The van der Waals surface area contributed by atoms with Crippen molar-refractivity contribution in [3.63, 3.8) is 0 Å². The van der Waals surface area contributed by atoms with Gasteiger partial charge in [0.05, 0.1) is 12.1 Å². The number of nitrogens with two attached hydrogens (primary N) is 1. The fourth-order valence-corrected chi connectivity index (χ4v) is 1.58. The van der Waals surface area contributed by atoms with Crippen LogP contribution in [0.1, 0.15) is 17.3 Å². The number of aromatic hydroxyl groups is 1. The van der Waals surface area contributed by atoms with Crippen molar-refractivity contribution in [3.05, 3.63) is 28.8 Å². The van der Waals surface area contributed by atoms with Gasteiger partial charge in [0.2, 0.25) is 0 Å². The van der Waals surface area contributed by atoms with Crippen molar-refractivity contribution in [1.82, 2.24) is 4.90 Å². The summed E-state index contributed by atoms with van der Waals surface area (Å²) in [6, 6.07) is 4.19. The van der Waals surface area contributed by atoms with Crippen LogP contribution in [0, 0.1) is 0 Å². The van der Waals surface area contributed by atoms with Crippen LogP contribution in [0.3, 0.4) is 0 Å². The minimum absolute atomic E-state index is 0.0300. The van der Waals surface area contributed by atoms with E-state index in [4.69, 9.17) is 22.5 Å². The number of carbonyl (C=O) groups excluding carboxylic acids is 1. The van der Waals surface area contributed by atoms with Crippen LogP contribution in [0.2, 0.25) is 5.02 Å². The van der Waals surface area contributed by atoms with Gasteiger partial charge in [0.25, 0.3) is 5.91 Å². The summed E-state index contributed by atoms with van der Waals surface area (Å²) in [5.41, 5.74) is 5.43. The molecule has 98 valence electrons. The molecule has 0 saturated heterocycles. The summed E-state index contributed by atoms with van der Waals surface area (Å²) in [7, 11) is 0. The number of carbonyl (C=O) groups is 1. The van der Waals surface area contributed by atoms with Crippen molar-refractivity contribution < 1.29 is 15.1 Å². The van der Waals surface area contributed by atoms with Crippen molar-refractivity contribution in [1.29, 1.82) is 0 Å². The molecule has 0 heterocycles. The summed E-state index contributed by atoms with van der Waals surface area (Å²) in [5, 5.41) is 21.3. The third-order valence-electron chi connectivity index (χ3n) is 2.34. The Labute approximate surface area is 109 Å². The number of likely N-dealkylation sites (N-methyl/N-ethyl adjacent to an activating group) is 1. The van der Waals surface area contributed by atoms with Crippen LogP contribution in [0.15, 0.2) is 23.4 Å². The van der Waals surface area contributed by atoms with E-state index in [0.717, 1.165) is 0 Å². The van der Waals surface area contributed by atoms with Crippen LogP contribution in [0.25, 0.3) is 0 Å². The topological polar surface area (TPSA) is 99.1 Å². The lowest BCUT2D eigenvalue weighted by Gasteiger charge is -2.20. The highest BCUT2D eigenvalue weighted by Gasteiger charge is 2.19. The summed E-state index contributed by atoms with van der Waals surface area (Å²) in [4.78, 5) is 13.4. The Morgan fingerprint density at radius 2 is 2.22 bits per heavy atom. The molecule has 0 atom stereocenters.